The standard InChI is InChI=1S/C9H15NO/c1-4-9(2,3)10-7-5-6-8(10)11/h4H,1,5-7H2,2-3H3. The molecule has 1 rings (SSSR count). The van der Waals surface area contributed by atoms with E-state index in [1.807, 2.05) is 24.8 Å². The van der Waals surface area contributed by atoms with Crippen LogP contribution in [0, 0.1) is 0 Å². The second-order valence-corrected chi connectivity index (χ2v) is 3.51. The van der Waals surface area contributed by atoms with E-state index >= 15 is 0 Å². The molecule has 0 aromatic heterocycles. The lowest BCUT2D eigenvalue weighted by Crippen LogP contribution is -2.42. The Balaban J connectivity index is 2.73. The molecule has 11 heavy (non-hydrogen) atoms. The molecule has 0 N–H and O–H groups in total. The topological polar surface area (TPSA) is 20.3 Å². The molecule has 1 saturated heterocycles. The van der Waals surface area contributed by atoms with Crippen molar-refractivity contribution in [2.24, 2.45) is 0 Å². The molecule has 62 valence electrons. The molecular formula is C9H15NO. The molecule has 1 aliphatic rings. The first-order chi connectivity index (χ1) is 5.08. The van der Waals surface area contributed by atoms with E-state index in [4.69, 9.17) is 0 Å². The number of hydrogen-bond donors (Lipinski definition) is 0. The van der Waals surface area contributed by atoms with Crippen molar-refractivity contribution in [3.63, 3.8) is 0 Å². The van der Waals surface area contributed by atoms with E-state index in [2.05, 4.69) is 6.58 Å². The van der Waals surface area contributed by atoms with Gasteiger partial charge in [-0.15, -0.1) is 6.58 Å². The van der Waals surface area contributed by atoms with E-state index in [0.29, 0.717) is 6.42 Å². The van der Waals surface area contributed by atoms with Gasteiger partial charge in [-0.05, 0) is 20.3 Å². The summed E-state index contributed by atoms with van der Waals surface area (Å²) in [5.74, 6) is 0.259. The van der Waals surface area contributed by atoms with Crippen LogP contribution in [0.3, 0.4) is 0 Å². The molecule has 2 heteroatoms. The van der Waals surface area contributed by atoms with Gasteiger partial charge in [0, 0.05) is 13.0 Å². The summed E-state index contributed by atoms with van der Waals surface area (Å²) in [5, 5.41) is 0. The number of carbonyl (C=O) groups is 1. The molecule has 1 heterocycles. The molecule has 0 bridgehead atoms. The minimum Gasteiger partial charge on any atom is -0.334 e. The van der Waals surface area contributed by atoms with Gasteiger partial charge in [-0.1, -0.05) is 6.08 Å². The van der Waals surface area contributed by atoms with Crippen LogP contribution in [-0.4, -0.2) is 22.9 Å². The predicted octanol–water partition coefficient (Wildman–Crippen LogP) is 1.57. The molecule has 0 aromatic carbocycles. The third-order valence-corrected chi connectivity index (χ3v) is 2.27. The van der Waals surface area contributed by atoms with Crippen molar-refractivity contribution < 1.29 is 4.79 Å². The highest BCUT2D eigenvalue weighted by molar-refractivity contribution is 5.79. The predicted molar refractivity (Wildman–Crippen MR) is 45.2 cm³/mol. The SMILES string of the molecule is C=CC(C)(C)N1CCCC1=O. The third-order valence-electron chi connectivity index (χ3n) is 2.27. The average molecular weight is 153 g/mol. The molecule has 0 atom stereocenters. The van der Waals surface area contributed by atoms with Crippen molar-refractivity contribution in [1.29, 1.82) is 0 Å². The number of amides is 1. The molecule has 0 aromatic rings. The lowest BCUT2D eigenvalue weighted by molar-refractivity contribution is -0.130. The molecule has 2 nitrogen and oxygen atoms in total. The molecule has 1 aliphatic heterocycles. The van der Waals surface area contributed by atoms with Gasteiger partial charge in [0.15, 0.2) is 0 Å². The van der Waals surface area contributed by atoms with E-state index in [9.17, 15) is 4.79 Å². The van der Waals surface area contributed by atoms with Gasteiger partial charge in [0.25, 0.3) is 0 Å². The second kappa shape index (κ2) is 2.68. The van der Waals surface area contributed by atoms with E-state index in [0.717, 1.165) is 13.0 Å². The summed E-state index contributed by atoms with van der Waals surface area (Å²) in [7, 11) is 0. The first-order valence-corrected chi connectivity index (χ1v) is 4.02. The van der Waals surface area contributed by atoms with Crippen LogP contribution in [0.15, 0.2) is 12.7 Å². The number of nitrogens with zero attached hydrogens (tertiary/aromatic N) is 1. The molecule has 1 fully saturated rings. The Kier molecular flexibility index (Phi) is 2.03. The van der Waals surface area contributed by atoms with Gasteiger partial charge >= 0.3 is 0 Å². The van der Waals surface area contributed by atoms with Gasteiger partial charge in [0.05, 0.1) is 5.54 Å². The maximum Gasteiger partial charge on any atom is 0.223 e. The van der Waals surface area contributed by atoms with Gasteiger partial charge in [-0.3, -0.25) is 4.79 Å². The number of rotatable bonds is 2. The summed E-state index contributed by atoms with van der Waals surface area (Å²) >= 11 is 0. The molecule has 0 radical (unpaired) electrons. The van der Waals surface area contributed by atoms with Gasteiger partial charge in [-0.2, -0.15) is 0 Å². The van der Waals surface area contributed by atoms with Crippen LogP contribution in [0.25, 0.3) is 0 Å². The largest absolute Gasteiger partial charge is 0.334 e. The third kappa shape index (κ3) is 1.44. The minimum absolute atomic E-state index is 0.159. The van der Waals surface area contributed by atoms with E-state index in [1.165, 1.54) is 0 Å². The lowest BCUT2D eigenvalue weighted by atomic mass is 10.0. The van der Waals surface area contributed by atoms with Crippen molar-refractivity contribution in [2.45, 2.75) is 32.2 Å². The van der Waals surface area contributed by atoms with E-state index in [1.54, 1.807) is 0 Å². The highest BCUT2D eigenvalue weighted by Crippen LogP contribution is 2.22. The summed E-state index contributed by atoms with van der Waals surface area (Å²) in [5.41, 5.74) is -0.159. The average Bonchev–Trinajstić information content (AvgIpc) is 2.36. The minimum atomic E-state index is -0.159. The highest BCUT2D eigenvalue weighted by atomic mass is 16.2. The van der Waals surface area contributed by atoms with Crippen molar-refractivity contribution in [3.8, 4) is 0 Å². The van der Waals surface area contributed by atoms with Crippen LogP contribution in [0.4, 0.5) is 0 Å². The fraction of sp³-hybridized carbons (Fsp3) is 0.667. The van der Waals surface area contributed by atoms with Crippen molar-refractivity contribution in [2.75, 3.05) is 6.54 Å². The Hall–Kier alpha value is -0.790. The summed E-state index contributed by atoms with van der Waals surface area (Å²) < 4.78 is 0. The summed E-state index contributed by atoms with van der Waals surface area (Å²) in [6, 6.07) is 0. The Morgan fingerprint density at radius 3 is 2.64 bits per heavy atom. The molecular weight excluding hydrogens is 138 g/mol. The number of likely N-dealkylation sites (tertiary alicyclic amines) is 1. The first-order valence-electron chi connectivity index (χ1n) is 4.02. The van der Waals surface area contributed by atoms with Gasteiger partial charge in [0.1, 0.15) is 0 Å². The van der Waals surface area contributed by atoms with Crippen LogP contribution in [0.1, 0.15) is 26.7 Å². The first kappa shape index (κ1) is 8.31. The summed E-state index contributed by atoms with van der Waals surface area (Å²) in [6.07, 6.45) is 3.53. The molecule has 1 amide bonds. The number of carbonyl (C=O) groups excluding carboxylic acids is 1. The highest BCUT2D eigenvalue weighted by Gasteiger charge is 2.31. The van der Waals surface area contributed by atoms with Crippen LogP contribution >= 0.6 is 0 Å². The Morgan fingerprint density at radius 2 is 2.27 bits per heavy atom. The summed E-state index contributed by atoms with van der Waals surface area (Å²) in [6.45, 7) is 8.64. The molecule has 0 saturated carbocycles. The van der Waals surface area contributed by atoms with Crippen LogP contribution in [0.2, 0.25) is 0 Å². The molecule has 0 unspecified atom stereocenters. The normalized spacial score (nSPS) is 19.1. The zero-order chi connectivity index (χ0) is 8.48. The zero-order valence-corrected chi connectivity index (χ0v) is 7.26. The monoisotopic (exact) mass is 153 g/mol. The van der Waals surface area contributed by atoms with Crippen LogP contribution in [-0.2, 0) is 4.79 Å². The number of hydrogen-bond acceptors (Lipinski definition) is 1. The lowest BCUT2D eigenvalue weighted by Gasteiger charge is -2.32. The second-order valence-electron chi connectivity index (χ2n) is 3.51. The Morgan fingerprint density at radius 1 is 1.64 bits per heavy atom. The van der Waals surface area contributed by atoms with Crippen molar-refractivity contribution >= 4 is 5.91 Å². The molecule has 0 aliphatic carbocycles. The van der Waals surface area contributed by atoms with E-state index < -0.39 is 0 Å². The quantitative estimate of drug-likeness (QED) is 0.551. The van der Waals surface area contributed by atoms with Gasteiger partial charge in [-0.25, -0.2) is 0 Å². The zero-order valence-electron chi connectivity index (χ0n) is 7.26. The maximum absolute atomic E-state index is 11.3. The van der Waals surface area contributed by atoms with Crippen LogP contribution < -0.4 is 0 Å². The van der Waals surface area contributed by atoms with E-state index in [-0.39, 0.29) is 11.4 Å². The maximum atomic E-state index is 11.3. The van der Waals surface area contributed by atoms with Crippen molar-refractivity contribution in [1.82, 2.24) is 4.90 Å². The Bertz CT molecular complexity index is 184. The summed E-state index contributed by atoms with van der Waals surface area (Å²) in [4.78, 5) is 13.1. The fourth-order valence-corrected chi connectivity index (χ4v) is 1.37. The smallest absolute Gasteiger partial charge is 0.223 e. The fourth-order valence-electron chi connectivity index (χ4n) is 1.37. The van der Waals surface area contributed by atoms with Gasteiger partial charge < -0.3 is 4.90 Å². The Labute approximate surface area is 67.9 Å². The van der Waals surface area contributed by atoms with Crippen molar-refractivity contribution in [3.05, 3.63) is 12.7 Å². The van der Waals surface area contributed by atoms with Gasteiger partial charge in [0.2, 0.25) is 5.91 Å². The molecule has 0 spiro atoms. The van der Waals surface area contributed by atoms with Crippen LogP contribution in [0.5, 0.6) is 0 Å².